The zero-order valence-corrected chi connectivity index (χ0v) is 18.2. The fraction of sp³-hybridized carbons (Fsp3) is 0.130. The van der Waals surface area contributed by atoms with Gasteiger partial charge < -0.3 is 5.32 Å². The number of carbonyl (C=O) groups excluding carboxylic acids is 1. The normalized spacial score (nSPS) is 11.2. The zero-order chi connectivity index (χ0) is 22.2. The summed E-state index contributed by atoms with van der Waals surface area (Å²) in [5.41, 5.74) is 3.26. The van der Waals surface area contributed by atoms with Crippen LogP contribution in [0.4, 0.5) is 10.1 Å². The molecule has 3 aromatic heterocycles. The van der Waals surface area contributed by atoms with Gasteiger partial charge in [-0.1, -0.05) is 24.3 Å². The van der Waals surface area contributed by atoms with E-state index in [-0.39, 0.29) is 11.7 Å². The van der Waals surface area contributed by atoms with Crippen LogP contribution < -0.4 is 5.32 Å². The van der Waals surface area contributed by atoms with Crippen LogP contribution in [0.5, 0.6) is 0 Å². The lowest BCUT2D eigenvalue weighted by molar-refractivity contribution is 0.103. The van der Waals surface area contributed by atoms with Crippen molar-refractivity contribution >= 4 is 33.1 Å². The summed E-state index contributed by atoms with van der Waals surface area (Å²) in [4.78, 5) is 18.8. The summed E-state index contributed by atoms with van der Waals surface area (Å²) in [5, 5.41) is 15.5. The molecule has 1 amide bonds. The Hall–Kier alpha value is -3.85. The number of hydrogen-bond acceptors (Lipinski definition) is 5. The number of nitrogens with zero attached hydrogens (tertiary/aromatic N) is 4. The molecule has 0 aliphatic heterocycles. The number of thiophene rings is 1. The van der Waals surface area contributed by atoms with Gasteiger partial charge in [-0.25, -0.2) is 9.37 Å². The first-order valence-electron chi connectivity index (χ1n) is 9.98. The number of H-pyrrole nitrogens is 1. The average molecular weight is 447 g/mol. The van der Waals surface area contributed by atoms with E-state index in [1.807, 2.05) is 48.9 Å². The number of aromatic nitrogens is 5. The van der Waals surface area contributed by atoms with Crippen molar-refractivity contribution in [3.05, 3.63) is 82.4 Å². The van der Waals surface area contributed by atoms with Gasteiger partial charge in [0.1, 0.15) is 16.5 Å². The minimum atomic E-state index is -0.270. The van der Waals surface area contributed by atoms with Gasteiger partial charge >= 0.3 is 0 Å². The molecular formula is C23H19FN6OS. The number of fused-ring (bicyclic) bond motifs is 1. The van der Waals surface area contributed by atoms with Crippen LogP contribution in [0.25, 0.3) is 21.6 Å². The molecule has 7 nitrogen and oxygen atoms in total. The van der Waals surface area contributed by atoms with E-state index < -0.39 is 0 Å². The molecule has 0 bridgehead atoms. The number of aromatic amines is 1. The third-order valence-corrected chi connectivity index (χ3v) is 6.20. The monoisotopic (exact) mass is 446 g/mol. The second kappa shape index (κ2) is 8.01. The molecule has 0 aliphatic carbocycles. The number of amides is 1. The predicted molar refractivity (Wildman–Crippen MR) is 122 cm³/mol. The van der Waals surface area contributed by atoms with Gasteiger partial charge in [0, 0.05) is 16.6 Å². The van der Waals surface area contributed by atoms with Crippen LogP contribution in [-0.4, -0.2) is 30.9 Å². The van der Waals surface area contributed by atoms with Crippen LogP contribution in [0.1, 0.15) is 26.8 Å². The third-order valence-electron chi connectivity index (χ3n) is 5.05. The van der Waals surface area contributed by atoms with Crippen molar-refractivity contribution in [3.8, 4) is 11.4 Å². The van der Waals surface area contributed by atoms with Crippen molar-refractivity contribution < 1.29 is 9.18 Å². The minimum Gasteiger partial charge on any atom is -0.321 e. The largest absolute Gasteiger partial charge is 0.321 e. The molecule has 0 saturated heterocycles. The fourth-order valence-corrected chi connectivity index (χ4v) is 4.55. The quantitative estimate of drug-likeness (QED) is 0.400. The van der Waals surface area contributed by atoms with E-state index in [2.05, 4.69) is 25.6 Å². The molecule has 0 saturated carbocycles. The van der Waals surface area contributed by atoms with Crippen LogP contribution in [0.3, 0.4) is 0 Å². The number of halogens is 1. The standard InChI is InChI=1S/C23H19FN6OS/c1-13-19-11-20(32-23(19)30(29-13)12-15-6-8-17(24)9-7-15)22(31)26-18-5-3-4-16(10-18)21-25-14(2)27-28-21/h3-11H,12H2,1-2H3,(H,26,31)(H,25,27,28). The third kappa shape index (κ3) is 3.90. The summed E-state index contributed by atoms with van der Waals surface area (Å²) < 4.78 is 15.1. The summed E-state index contributed by atoms with van der Waals surface area (Å²) >= 11 is 1.38. The molecule has 9 heteroatoms. The van der Waals surface area contributed by atoms with Crippen molar-refractivity contribution in [2.75, 3.05) is 5.32 Å². The van der Waals surface area contributed by atoms with Crippen LogP contribution in [0, 0.1) is 19.7 Å². The molecule has 3 heterocycles. The molecule has 2 aromatic carbocycles. The van der Waals surface area contributed by atoms with Crippen molar-refractivity contribution in [1.82, 2.24) is 25.0 Å². The van der Waals surface area contributed by atoms with E-state index in [1.165, 1.54) is 23.5 Å². The smallest absolute Gasteiger partial charge is 0.265 e. The number of benzene rings is 2. The molecule has 5 rings (SSSR count). The Kier molecular flexibility index (Phi) is 5.02. The first-order chi connectivity index (χ1) is 15.5. The Morgan fingerprint density at radius 1 is 1.16 bits per heavy atom. The SMILES string of the molecule is Cc1nc(-c2cccc(NC(=O)c3cc4c(C)nn(Cc5ccc(F)cc5)c4s3)c2)n[nH]1. The number of aryl methyl sites for hydroxylation is 2. The summed E-state index contributed by atoms with van der Waals surface area (Å²) in [6.45, 7) is 4.26. The van der Waals surface area contributed by atoms with E-state index in [0.717, 1.165) is 32.9 Å². The van der Waals surface area contributed by atoms with Crippen molar-refractivity contribution in [2.45, 2.75) is 20.4 Å². The maximum Gasteiger partial charge on any atom is 0.265 e. The summed E-state index contributed by atoms with van der Waals surface area (Å²) in [5.74, 6) is 0.844. The average Bonchev–Trinajstić information content (AvgIpc) is 3.48. The lowest BCUT2D eigenvalue weighted by Gasteiger charge is -2.05. The van der Waals surface area contributed by atoms with Gasteiger partial charge in [0.05, 0.1) is 17.1 Å². The van der Waals surface area contributed by atoms with E-state index >= 15 is 0 Å². The molecule has 5 aromatic rings. The Balaban J connectivity index is 1.39. The lowest BCUT2D eigenvalue weighted by atomic mass is 10.2. The summed E-state index contributed by atoms with van der Waals surface area (Å²) in [6, 6.07) is 15.6. The van der Waals surface area contributed by atoms with E-state index in [1.54, 1.807) is 12.1 Å². The molecular weight excluding hydrogens is 427 g/mol. The highest BCUT2D eigenvalue weighted by molar-refractivity contribution is 7.20. The van der Waals surface area contributed by atoms with Crippen LogP contribution in [0.15, 0.2) is 54.6 Å². The number of anilines is 1. The summed E-state index contributed by atoms with van der Waals surface area (Å²) in [6.07, 6.45) is 0. The minimum absolute atomic E-state index is 0.192. The molecule has 2 N–H and O–H groups in total. The molecule has 160 valence electrons. The second-order valence-corrected chi connectivity index (χ2v) is 8.51. The maximum atomic E-state index is 13.2. The van der Waals surface area contributed by atoms with Gasteiger partial charge in [0.25, 0.3) is 5.91 Å². The maximum absolute atomic E-state index is 13.2. The predicted octanol–water partition coefficient (Wildman–Crippen LogP) is 4.94. The van der Waals surface area contributed by atoms with Gasteiger partial charge in [-0.2, -0.15) is 10.2 Å². The van der Waals surface area contributed by atoms with Crippen LogP contribution in [0.2, 0.25) is 0 Å². The van der Waals surface area contributed by atoms with Crippen molar-refractivity contribution in [2.24, 2.45) is 0 Å². The summed E-state index contributed by atoms with van der Waals surface area (Å²) in [7, 11) is 0. The highest BCUT2D eigenvalue weighted by atomic mass is 32.1. The van der Waals surface area contributed by atoms with Crippen LogP contribution >= 0.6 is 11.3 Å². The highest BCUT2D eigenvalue weighted by Gasteiger charge is 2.17. The topological polar surface area (TPSA) is 88.5 Å². The highest BCUT2D eigenvalue weighted by Crippen LogP contribution is 2.30. The van der Waals surface area contributed by atoms with Gasteiger partial charge in [0.15, 0.2) is 5.82 Å². The van der Waals surface area contributed by atoms with Crippen molar-refractivity contribution in [3.63, 3.8) is 0 Å². The number of carbonyl (C=O) groups is 1. The molecule has 0 radical (unpaired) electrons. The molecule has 0 atom stereocenters. The fourth-order valence-electron chi connectivity index (χ4n) is 3.50. The molecule has 0 fully saturated rings. The Morgan fingerprint density at radius 3 is 2.72 bits per heavy atom. The van der Waals surface area contributed by atoms with Gasteiger partial charge in [0.2, 0.25) is 0 Å². The van der Waals surface area contributed by atoms with E-state index in [9.17, 15) is 9.18 Å². The Labute approximate surface area is 186 Å². The van der Waals surface area contributed by atoms with Gasteiger partial charge in [-0.3, -0.25) is 14.6 Å². The van der Waals surface area contributed by atoms with Gasteiger partial charge in [-0.15, -0.1) is 11.3 Å². The van der Waals surface area contributed by atoms with E-state index in [4.69, 9.17) is 0 Å². The first-order valence-corrected chi connectivity index (χ1v) is 10.8. The number of hydrogen-bond donors (Lipinski definition) is 2. The van der Waals surface area contributed by atoms with E-state index in [0.29, 0.717) is 22.9 Å². The number of rotatable bonds is 5. The van der Waals surface area contributed by atoms with Crippen LogP contribution in [-0.2, 0) is 6.54 Å². The number of nitrogens with one attached hydrogen (secondary N) is 2. The van der Waals surface area contributed by atoms with Crippen molar-refractivity contribution in [1.29, 1.82) is 0 Å². The molecule has 0 spiro atoms. The molecule has 32 heavy (non-hydrogen) atoms. The van der Waals surface area contributed by atoms with Gasteiger partial charge in [-0.05, 0) is 49.7 Å². The molecule has 0 unspecified atom stereocenters. The zero-order valence-electron chi connectivity index (χ0n) is 17.4. The first kappa shape index (κ1) is 20.1. The Bertz CT molecular complexity index is 1430. The lowest BCUT2D eigenvalue weighted by Crippen LogP contribution is -2.10. The molecule has 0 aliphatic rings. The Morgan fingerprint density at radius 2 is 1.97 bits per heavy atom. The second-order valence-electron chi connectivity index (χ2n) is 7.48.